The van der Waals surface area contributed by atoms with E-state index in [-0.39, 0.29) is 6.10 Å². The molecule has 0 aliphatic carbocycles. The Morgan fingerprint density at radius 2 is 2.16 bits per heavy atom. The number of aromatic amines is 1. The standard InChI is InChI=1S/C18H23N5O2/c1-12(7-8-17-15-5-3-4-6-16(15)20-21-17)23-9-14(10-23)24-11-18-22-19-13(2)25-18/h3-6,12,14H,7-11H2,1-2H3,(H,20,21). The third kappa shape index (κ3) is 3.57. The predicted molar refractivity (Wildman–Crippen MR) is 93.1 cm³/mol. The molecule has 0 radical (unpaired) electrons. The summed E-state index contributed by atoms with van der Waals surface area (Å²) >= 11 is 0. The van der Waals surface area contributed by atoms with E-state index in [0.717, 1.165) is 31.4 Å². The summed E-state index contributed by atoms with van der Waals surface area (Å²) in [6.45, 7) is 6.37. The van der Waals surface area contributed by atoms with Crippen LogP contribution >= 0.6 is 0 Å². The van der Waals surface area contributed by atoms with Crippen LogP contribution in [-0.4, -0.2) is 50.5 Å². The molecule has 1 fully saturated rings. The fraction of sp³-hybridized carbons (Fsp3) is 0.500. The lowest BCUT2D eigenvalue weighted by molar-refractivity contribution is -0.0823. The van der Waals surface area contributed by atoms with Crippen molar-refractivity contribution in [1.82, 2.24) is 25.3 Å². The van der Waals surface area contributed by atoms with E-state index < -0.39 is 0 Å². The SMILES string of the molecule is Cc1nnc(COC2CN(C(C)CCc3[nH]nc4ccccc34)C2)o1. The zero-order valence-corrected chi connectivity index (χ0v) is 14.6. The first-order chi connectivity index (χ1) is 12.2. The Balaban J connectivity index is 1.21. The molecule has 1 saturated heterocycles. The quantitative estimate of drug-likeness (QED) is 0.711. The molecule has 1 aliphatic rings. The molecule has 4 rings (SSSR count). The maximum atomic E-state index is 5.81. The van der Waals surface area contributed by atoms with Gasteiger partial charge in [0.1, 0.15) is 6.61 Å². The minimum atomic E-state index is 0.252. The largest absolute Gasteiger partial charge is 0.423 e. The topological polar surface area (TPSA) is 80.1 Å². The molecule has 7 nitrogen and oxygen atoms in total. The molecule has 1 N–H and O–H groups in total. The lowest BCUT2D eigenvalue weighted by Crippen LogP contribution is -2.55. The Kier molecular flexibility index (Phi) is 4.50. The maximum absolute atomic E-state index is 5.81. The molecule has 0 saturated carbocycles. The summed E-state index contributed by atoms with van der Waals surface area (Å²) in [6.07, 6.45) is 2.36. The number of aryl methyl sites for hydroxylation is 2. The molecule has 0 amide bonds. The van der Waals surface area contributed by atoms with Gasteiger partial charge >= 0.3 is 0 Å². The third-order valence-electron chi connectivity index (χ3n) is 4.86. The second-order valence-electron chi connectivity index (χ2n) is 6.71. The Labute approximate surface area is 146 Å². The number of ether oxygens (including phenoxy) is 1. The number of benzene rings is 1. The molecule has 132 valence electrons. The predicted octanol–water partition coefficient (Wildman–Crippen LogP) is 2.48. The van der Waals surface area contributed by atoms with Gasteiger partial charge in [-0.2, -0.15) is 5.10 Å². The Bertz CT molecular complexity index is 837. The van der Waals surface area contributed by atoms with Crippen molar-refractivity contribution in [1.29, 1.82) is 0 Å². The van der Waals surface area contributed by atoms with Gasteiger partial charge in [-0.15, -0.1) is 10.2 Å². The molecule has 1 atom stereocenters. The molecular weight excluding hydrogens is 318 g/mol. The van der Waals surface area contributed by atoms with Crippen molar-refractivity contribution < 1.29 is 9.15 Å². The number of para-hydroxylation sites is 1. The molecule has 25 heavy (non-hydrogen) atoms. The minimum absolute atomic E-state index is 0.252. The third-order valence-corrected chi connectivity index (χ3v) is 4.86. The van der Waals surface area contributed by atoms with Gasteiger partial charge in [0.2, 0.25) is 11.8 Å². The van der Waals surface area contributed by atoms with Gasteiger partial charge in [-0.25, -0.2) is 0 Å². The molecule has 3 aromatic rings. The maximum Gasteiger partial charge on any atom is 0.242 e. The highest BCUT2D eigenvalue weighted by Gasteiger charge is 2.31. The van der Waals surface area contributed by atoms with Crippen LogP contribution < -0.4 is 0 Å². The van der Waals surface area contributed by atoms with Crippen molar-refractivity contribution in [3.05, 3.63) is 41.7 Å². The summed E-state index contributed by atoms with van der Waals surface area (Å²) in [7, 11) is 0. The highest BCUT2D eigenvalue weighted by Crippen LogP contribution is 2.21. The molecular formula is C18H23N5O2. The summed E-state index contributed by atoms with van der Waals surface area (Å²) in [4.78, 5) is 2.45. The van der Waals surface area contributed by atoms with Crippen LogP contribution in [0.2, 0.25) is 0 Å². The summed E-state index contributed by atoms with van der Waals surface area (Å²) in [5, 5.41) is 16.5. The number of likely N-dealkylation sites (tertiary alicyclic amines) is 1. The number of nitrogens with zero attached hydrogens (tertiary/aromatic N) is 4. The Morgan fingerprint density at radius 3 is 2.96 bits per heavy atom. The Hall–Kier alpha value is -2.25. The van der Waals surface area contributed by atoms with Gasteiger partial charge in [-0.1, -0.05) is 18.2 Å². The van der Waals surface area contributed by atoms with Crippen LogP contribution in [-0.2, 0) is 17.8 Å². The lowest BCUT2D eigenvalue weighted by Gasteiger charge is -2.42. The summed E-state index contributed by atoms with van der Waals surface area (Å²) in [5.41, 5.74) is 2.27. The highest BCUT2D eigenvalue weighted by molar-refractivity contribution is 5.81. The average Bonchev–Trinajstić information content (AvgIpc) is 3.17. The highest BCUT2D eigenvalue weighted by atomic mass is 16.5. The summed E-state index contributed by atoms with van der Waals surface area (Å²) in [6, 6.07) is 8.78. The second-order valence-corrected chi connectivity index (χ2v) is 6.71. The van der Waals surface area contributed by atoms with Gasteiger partial charge in [0.05, 0.1) is 11.6 Å². The van der Waals surface area contributed by atoms with Crippen molar-refractivity contribution in [2.75, 3.05) is 13.1 Å². The van der Waals surface area contributed by atoms with E-state index in [0.29, 0.717) is 24.4 Å². The van der Waals surface area contributed by atoms with E-state index in [2.05, 4.69) is 44.4 Å². The van der Waals surface area contributed by atoms with Crippen molar-refractivity contribution in [3.63, 3.8) is 0 Å². The van der Waals surface area contributed by atoms with Crippen LogP contribution in [0.3, 0.4) is 0 Å². The Morgan fingerprint density at radius 1 is 1.32 bits per heavy atom. The number of hydrogen-bond acceptors (Lipinski definition) is 6. The monoisotopic (exact) mass is 341 g/mol. The first-order valence-electron chi connectivity index (χ1n) is 8.75. The van der Waals surface area contributed by atoms with Crippen LogP contribution in [0.15, 0.2) is 28.7 Å². The van der Waals surface area contributed by atoms with Gasteiger partial charge in [0.25, 0.3) is 0 Å². The summed E-state index contributed by atoms with van der Waals surface area (Å²) < 4.78 is 11.1. The molecule has 0 bridgehead atoms. The van der Waals surface area contributed by atoms with Crippen LogP contribution in [0.5, 0.6) is 0 Å². The second kappa shape index (κ2) is 6.93. The lowest BCUT2D eigenvalue weighted by atomic mass is 10.0. The zero-order valence-electron chi connectivity index (χ0n) is 14.6. The van der Waals surface area contributed by atoms with Crippen LogP contribution in [0.1, 0.15) is 30.8 Å². The fourth-order valence-electron chi connectivity index (χ4n) is 3.26. The number of H-pyrrole nitrogens is 1. The molecule has 1 unspecified atom stereocenters. The molecule has 2 aromatic heterocycles. The molecule has 7 heteroatoms. The molecule has 1 aliphatic heterocycles. The zero-order chi connectivity index (χ0) is 17.2. The van der Waals surface area contributed by atoms with Crippen molar-refractivity contribution in [3.8, 4) is 0 Å². The van der Waals surface area contributed by atoms with Crippen LogP contribution in [0, 0.1) is 6.92 Å². The van der Waals surface area contributed by atoms with Gasteiger partial charge < -0.3 is 9.15 Å². The van der Waals surface area contributed by atoms with Gasteiger partial charge in [-0.3, -0.25) is 10.00 Å². The molecule has 3 heterocycles. The minimum Gasteiger partial charge on any atom is -0.423 e. The van der Waals surface area contributed by atoms with Gasteiger partial charge in [0, 0.05) is 37.1 Å². The number of aromatic nitrogens is 4. The average molecular weight is 341 g/mol. The first kappa shape index (κ1) is 16.2. The van der Waals surface area contributed by atoms with E-state index in [4.69, 9.17) is 9.15 Å². The normalized spacial score (nSPS) is 17.0. The van der Waals surface area contributed by atoms with E-state index in [1.807, 2.05) is 12.1 Å². The van der Waals surface area contributed by atoms with E-state index in [1.54, 1.807) is 6.92 Å². The number of hydrogen-bond donors (Lipinski definition) is 1. The van der Waals surface area contributed by atoms with Gasteiger partial charge in [-0.05, 0) is 25.8 Å². The first-order valence-corrected chi connectivity index (χ1v) is 8.75. The smallest absolute Gasteiger partial charge is 0.242 e. The van der Waals surface area contributed by atoms with Crippen molar-refractivity contribution in [2.24, 2.45) is 0 Å². The van der Waals surface area contributed by atoms with Crippen LogP contribution in [0.25, 0.3) is 10.9 Å². The number of nitrogens with one attached hydrogen (secondary N) is 1. The number of fused-ring (bicyclic) bond motifs is 1. The number of rotatable bonds is 7. The summed E-state index contributed by atoms with van der Waals surface area (Å²) in [5.74, 6) is 1.13. The van der Waals surface area contributed by atoms with E-state index in [1.165, 1.54) is 11.1 Å². The van der Waals surface area contributed by atoms with Crippen molar-refractivity contribution in [2.45, 2.75) is 45.4 Å². The van der Waals surface area contributed by atoms with Gasteiger partial charge in [0.15, 0.2) is 0 Å². The van der Waals surface area contributed by atoms with E-state index in [9.17, 15) is 0 Å². The van der Waals surface area contributed by atoms with E-state index >= 15 is 0 Å². The fourth-order valence-corrected chi connectivity index (χ4v) is 3.26. The molecule has 1 aromatic carbocycles. The molecule has 0 spiro atoms. The van der Waals surface area contributed by atoms with Crippen LogP contribution in [0.4, 0.5) is 0 Å². The van der Waals surface area contributed by atoms with Crippen molar-refractivity contribution >= 4 is 10.9 Å².